The lowest BCUT2D eigenvalue weighted by Gasteiger charge is -2.06. The van der Waals surface area contributed by atoms with Crippen molar-refractivity contribution in [1.29, 1.82) is 5.26 Å². The normalized spacial score (nSPS) is 11.0. The number of alkyl halides is 3. The van der Waals surface area contributed by atoms with Crippen molar-refractivity contribution in [2.75, 3.05) is 0 Å². The third-order valence-corrected chi connectivity index (χ3v) is 1.49. The molecule has 14 heavy (non-hydrogen) atoms. The fraction of sp³-hybridized carbons (Fsp3) is 0.222. The number of nitrogens with zero attached hydrogens (tertiary/aromatic N) is 1. The van der Waals surface area contributed by atoms with Gasteiger partial charge < -0.3 is 0 Å². The van der Waals surface area contributed by atoms with Gasteiger partial charge in [0.25, 0.3) is 0 Å². The second-order valence-corrected chi connectivity index (χ2v) is 2.54. The van der Waals surface area contributed by atoms with Crippen LogP contribution in [0.25, 0.3) is 0 Å². The third-order valence-electron chi connectivity index (χ3n) is 1.49. The maximum atomic E-state index is 11.6. The minimum atomic E-state index is -4.62. The Morgan fingerprint density at radius 1 is 1.21 bits per heavy atom. The Morgan fingerprint density at radius 2 is 1.79 bits per heavy atom. The second kappa shape index (κ2) is 4.11. The monoisotopic (exact) mass is 201 g/mol. The van der Waals surface area contributed by atoms with Gasteiger partial charge in [0.2, 0.25) is 0 Å². The van der Waals surface area contributed by atoms with E-state index < -0.39 is 13.0 Å². The molecule has 0 atom stereocenters. The highest BCUT2D eigenvalue weighted by atomic mass is 19.4. The van der Waals surface area contributed by atoms with E-state index in [2.05, 4.69) is 4.74 Å². The highest BCUT2D eigenvalue weighted by Gasteiger charge is 2.28. The molecule has 74 valence electrons. The molecule has 0 aliphatic heterocycles. The zero-order chi connectivity index (χ0) is 10.6. The van der Waals surface area contributed by atoms with Gasteiger partial charge in [-0.15, -0.1) is 13.2 Å². The smallest absolute Gasteiger partial charge is 0.287 e. The van der Waals surface area contributed by atoms with Crippen molar-refractivity contribution in [1.82, 2.24) is 0 Å². The van der Waals surface area contributed by atoms with Crippen LogP contribution in [0.4, 0.5) is 13.2 Å². The van der Waals surface area contributed by atoms with Gasteiger partial charge in [-0.05, 0) is 17.7 Å². The lowest BCUT2D eigenvalue weighted by Crippen LogP contribution is -2.12. The topological polar surface area (TPSA) is 33.0 Å². The van der Waals surface area contributed by atoms with E-state index in [1.807, 2.05) is 6.07 Å². The maximum absolute atomic E-state index is 11.6. The first-order valence-electron chi connectivity index (χ1n) is 3.71. The molecule has 0 saturated heterocycles. The predicted octanol–water partition coefficient (Wildman–Crippen LogP) is 2.59. The molecule has 0 radical (unpaired) electrons. The second-order valence-electron chi connectivity index (χ2n) is 2.54. The molecule has 0 bridgehead atoms. The Labute approximate surface area is 78.5 Å². The molecule has 0 saturated carbocycles. The minimum Gasteiger partial charge on any atom is -0.287 e. The van der Waals surface area contributed by atoms with Gasteiger partial charge in [0.05, 0.1) is 18.2 Å². The first-order valence-corrected chi connectivity index (χ1v) is 3.71. The Morgan fingerprint density at radius 3 is 2.21 bits per heavy atom. The quantitative estimate of drug-likeness (QED) is 0.736. The molecule has 1 aromatic rings. The van der Waals surface area contributed by atoms with Gasteiger partial charge in [0, 0.05) is 0 Å². The van der Waals surface area contributed by atoms with Crippen molar-refractivity contribution in [3.63, 3.8) is 0 Å². The van der Waals surface area contributed by atoms with Crippen LogP contribution in [0, 0.1) is 11.3 Å². The van der Waals surface area contributed by atoms with Gasteiger partial charge in [-0.25, -0.2) is 0 Å². The first-order chi connectivity index (χ1) is 6.51. The van der Waals surface area contributed by atoms with Crippen LogP contribution in [0.5, 0.6) is 0 Å². The molecule has 0 N–H and O–H groups in total. The average molecular weight is 201 g/mol. The molecule has 2 nitrogen and oxygen atoms in total. The Kier molecular flexibility index (Phi) is 3.10. The first kappa shape index (κ1) is 10.5. The van der Waals surface area contributed by atoms with Crippen LogP contribution in [-0.2, 0) is 11.3 Å². The number of halogens is 3. The van der Waals surface area contributed by atoms with Crippen molar-refractivity contribution in [2.45, 2.75) is 13.0 Å². The van der Waals surface area contributed by atoms with Gasteiger partial charge in [0.1, 0.15) is 0 Å². The summed E-state index contributed by atoms with van der Waals surface area (Å²) in [6.45, 7) is -0.533. The molecule has 1 rings (SSSR count). The van der Waals surface area contributed by atoms with Crippen LogP contribution in [0.3, 0.4) is 0 Å². The molecule has 1 aromatic carbocycles. The van der Waals surface area contributed by atoms with E-state index in [1.54, 1.807) is 0 Å². The molecule has 0 heterocycles. The number of benzene rings is 1. The van der Waals surface area contributed by atoms with Crippen molar-refractivity contribution in [3.8, 4) is 6.07 Å². The molecule has 0 aromatic heterocycles. The van der Waals surface area contributed by atoms with E-state index in [0.717, 1.165) is 0 Å². The number of hydrogen-bond donors (Lipinski definition) is 0. The van der Waals surface area contributed by atoms with E-state index in [9.17, 15) is 13.2 Å². The zero-order valence-corrected chi connectivity index (χ0v) is 7.01. The lowest BCUT2D eigenvalue weighted by molar-refractivity contribution is -0.330. The largest absolute Gasteiger partial charge is 0.522 e. The van der Waals surface area contributed by atoms with Gasteiger partial charge >= 0.3 is 6.36 Å². The molecule has 5 heteroatoms. The minimum absolute atomic E-state index is 0.376. The summed E-state index contributed by atoms with van der Waals surface area (Å²) in [6, 6.07) is 7.58. The molecular formula is C9H6F3NO. The highest BCUT2D eigenvalue weighted by Crippen LogP contribution is 2.18. The van der Waals surface area contributed by atoms with Crippen molar-refractivity contribution >= 4 is 0 Å². The molecule has 0 amide bonds. The van der Waals surface area contributed by atoms with Crippen molar-refractivity contribution < 1.29 is 17.9 Å². The zero-order valence-electron chi connectivity index (χ0n) is 7.01. The molecule has 0 aliphatic rings. The SMILES string of the molecule is N#Cc1ccc(COC(F)(F)F)cc1. The van der Waals surface area contributed by atoms with Gasteiger partial charge in [0.15, 0.2) is 0 Å². The van der Waals surface area contributed by atoms with Crippen molar-refractivity contribution in [3.05, 3.63) is 35.4 Å². The Hall–Kier alpha value is -1.54. The van der Waals surface area contributed by atoms with E-state index in [1.165, 1.54) is 24.3 Å². The third kappa shape index (κ3) is 3.46. The van der Waals surface area contributed by atoms with Crippen LogP contribution in [0.2, 0.25) is 0 Å². The van der Waals surface area contributed by atoms with E-state index in [-0.39, 0.29) is 0 Å². The highest BCUT2D eigenvalue weighted by molar-refractivity contribution is 5.31. The van der Waals surface area contributed by atoms with Gasteiger partial charge in [-0.2, -0.15) is 5.26 Å². The number of hydrogen-bond acceptors (Lipinski definition) is 2. The van der Waals surface area contributed by atoms with Crippen LogP contribution >= 0.6 is 0 Å². The summed E-state index contributed by atoms with van der Waals surface area (Å²) in [6.07, 6.45) is -4.62. The molecule has 0 aliphatic carbocycles. The van der Waals surface area contributed by atoms with Gasteiger partial charge in [-0.3, -0.25) is 4.74 Å². The Balaban J connectivity index is 2.58. The summed E-state index contributed by atoms with van der Waals surface area (Å²) >= 11 is 0. The van der Waals surface area contributed by atoms with Crippen LogP contribution in [-0.4, -0.2) is 6.36 Å². The predicted molar refractivity (Wildman–Crippen MR) is 42.0 cm³/mol. The fourth-order valence-electron chi connectivity index (χ4n) is 0.841. The Bertz CT molecular complexity index is 337. The van der Waals surface area contributed by atoms with Crippen LogP contribution in [0.15, 0.2) is 24.3 Å². The summed E-state index contributed by atoms with van der Waals surface area (Å²) in [5, 5.41) is 8.43. The summed E-state index contributed by atoms with van der Waals surface area (Å²) in [5.41, 5.74) is 0.780. The van der Waals surface area contributed by atoms with Crippen LogP contribution < -0.4 is 0 Å². The average Bonchev–Trinajstić information content (AvgIpc) is 2.14. The fourth-order valence-corrected chi connectivity index (χ4v) is 0.841. The van der Waals surface area contributed by atoms with E-state index in [4.69, 9.17) is 5.26 Å². The summed E-state index contributed by atoms with van der Waals surface area (Å²) < 4.78 is 38.4. The van der Waals surface area contributed by atoms with E-state index in [0.29, 0.717) is 11.1 Å². The number of nitriles is 1. The summed E-state index contributed by atoms with van der Waals surface area (Å²) in [5.74, 6) is 0. The number of rotatable bonds is 2. The van der Waals surface area contributed by atoms with Crippen molar-refractivity contribution in [2.24, 2.45) is 0 Å². The molecular weight excluding hydrogens is 195 g/mol. The lowest BCUT2D eigenvalue weighted by atomic mass is 10.2. The number of ether oxygens (including phenoxy) is 1. The molecule has 0 unspecified atom stereocenters. The summed E-state index contributed by atoms with van der Waals surface area (Å²) in [4.78, 5) is 0. The maximum Gasteiger partial charge on any atom is 0.522 e. The molecule has 0 fully saturated rings. The standard InChI is InChI=1S/C9H6F3NO/c10-9(11,12)14-6-8-3-1-7(5-13)2-4-8/h1-4H,6H2. The summed E-state index contributed by atoms with van der Waals surface area (Å²) in [7, 11) is 0. The van der Waals surface area contributed by atoms with E-state index >= 15 is 0 Å². The van der Waals surface area contributed by atoms with Crippen LogP contribution in [0.1, 0.15) is 11.1 Å². The molecule has 0 spiro atoms. The van der Waals surface area contributed by atoms with Gasteiger partial charge in [-0.1, -0.05) is 12.1 Å².